The van der Waals surface area contributed by atoms with Crippen molar-refractivity contribution in [2.24, 2.45) is 0 Å². The molecule has 0 unspecified atom stereocenters. The fraction of sp³-hybridized carbons (Fsp3) is 0.105. The van der Waals surface area contributed by atoms with Gasteiger partial charge < -0.3 is 0 Å². The quantitative estimate of drug-likeness (QED) is 0.622. The molecule has 0 saturated carbocycles. The van der Waals surface area contributed by atoms with Crippen LogP contribution < -0.4 is 0 Å². The Morgan fingerprint density at radius 1 is 0.800 bits per heavy atom. The third-order valence-corrected chi connectivity index (χ3v) is 4.23. The highest BCUT2D eigenvalue weighted by Gasteiger charge is 2.16. The highest BCUT2D eigenvalue weighted by molar-refractivity contribution is 6.01. The van der Waals surface area contributed by atoms with Gasteiger partial charge in [-0.15, -0.1) is 0 Å². The Hall–Kier alpha value is -2.41. The molecule has 4 rings (SSSR count). The third-order valence-electron chi connectivity index (χ3n) is 4.23. The van der Waals surface area contributed by atoms with E-state index < -0.39 is 0 Å². The molecule has 1 aliphatic carbocycles. The molecule has 20 heavy (non-hydrogen) atoms. The highest BCUT2D eigenvalue weighted by atomic mass is 16.1. The number of aryl methyl sites for hydroxylation is 2. The minimum absolute atomic E-state index is 0.722. The molecule has 3 aromatic carbocycles. The zero-order valence-corrected chi connectivity index (χ0v) is 11.1. The Bertz CT molecular complexity index is 803. The van der Waals surface area contributed by atoms with Gasteiger partial charge in [-0.25, -0.2) is 0 Å². The molecule has 0 bridgehead atoms. The van der Waals surface area contributed by atoms with Gasteiger partial charge >= 0.3 is 0 Å². The van der Waals surface area contributed by atoms with Crippen molar-refractivity contribution in [3.63, 3.8) is 0 Å². The monoisotopic (exact) mass is 258 g/mol. The van der Waals surface area contributed by atoms with Crippen molar-refractivity contribution < 1.29 is 4.79 Å². The van der Waals surface area contributed by atoms with Crippen molar-refractivity contribution in [3.8, 4) is 11.1 Å². The first kappa shape index (κ1) is 11.4. The van der Waals surface area contributed by atoms with E-state index in [4.69, 9.17) is 0 Å². The molecule has 1 aliphatic rings. The molecule has 1 nitrogen and oxygen atoms in total. The van der Waals surface area contributed by atoms with Crippen LogP contribution >= 0.6 is 0 Å². The second-order valence-electron chi connectivity index (χ2n) is 5.35. The van der Waals surface area contributed by atoms with Crippen molar-refractivity contribution in [2.75, 3.05) is 0 Å². The van der Waals surface area contributed by atoms with Gasteiger partial charge in [-0.3, -0.25) is 4.79 Å². The van der Waals surface area contributed by atoms with Crippen LogP contribution in [0.2, 0.25) is 0 Å². The summed E-state index contributed by atoms with van der Waals surface area (Å²) >= 11 is 0. The van der Waals surface area contributed by atoms with Gasteiger partial charge in [-0.05, 0) is 45.9 Å². The van der Waals surface area contributed by atoms with Crippen LogP contribution in [0, 0.1) is 0 Å². The summed E-state index contributed by atoms with van der Waals surface area (Å²) in [5.74, 6) is 0. The van der Waals surface area contributed by atoms with Gasteiger partial charge in [0.1, 0.15) is 6.29 Å². The predicted octanol–water partition coefficient (Wildman–Crippen LogP) is 4.42. The molecule has 0 fully saturated rings. The van der Waals surface area contributed by atoms with Crippen molar-refractivity contribution >= 4 is 17.1 Å². The normalized spacial score (nSPS) is 12.8. The van der Waals surface area contributed by atoms with Gasteiger partial charge in [0.15, 0.2) is 0 Å². The molecule has 1 heteroatoms. The van der Waals surface area contributed by atoms with E-state index in [9.17, 15) is 4.79 Å². The molecule has 0 spiro atoms. The molecule has 0 heterocycles. The topological polar surface area (TPSA) is 17.1 Å². The van der Waals surface area contributed by atoms with E-state index in [2.05, 4.69) is 30.3 Å². The van der Waals surface area contributed by atoms with Crippen LogP contribution in [0.4, 0.5) is 0 Å². The maximum Gasteiger partial charge on any atom is 0.150 e. The smallest absolute Gasteiger partial charge is 0.150 e. The van der Waals surface area contributed by atoms with Gasteiger partial charge in [0.2, 0.25) is 0 Å². The SMILES string of the molecule is O=Cc1ccc(-c2ccc3c4c(cccc24)CC3)cc1. The number of hydrogen-bond acceptors (Lipinski definition) is 1. The average molecular weight is 258 g/mol. The van der Waals surface area contributed by atoms with Crippen LogP contribution in [-0.2, 0) is 12.8 Å². The largest absolute Gasteiger partial charge is 0.298 e. The van der Waals surface area contributed by atoms with Crippen molar-refractivity contribution in [1.29, 1.82) is 0 Å². The van der Waals surface area contributed by atoms with E-state index in [1.165, 1.54) is 33.0 Å². The van der Waals surface area contributed by atoms with E-state index >= 15 is 0 Å². The fourth-order valence-corrected chi connectivity index (χ4v) is 3.24. The van der Waals surface area contributed by atoms with Crippen molar-refractivity contribution in [1.82, 2.24) is 0 Å². The van der Waals surface area contributed by atoms with Gasteiger partial charge in [0.05, 0.1) is 0 Å². The second-order valence-corrected chi connectivity index (χ2v) is 5.35. The summed E-state index contributed by atoms with van der Waals surface area (Å²) < 4.78 is 0. The molecule has 3 aromatic rings. The van der Waals surface area contributed by atoms with Crippen LogP contribution in [0.3, 0.4) is 0 Å². The Morgan fingerprint density at radius 2 is 1.55 bits per heavy atom. The Labute approximate surface area is 117 Å². The molecular weight excluding hydrogens is 244 g/mol. The van der Waals surface area contributed by atoms with Gasteiger partial charge in [-0.2, -0.15) is 0 Å². The molecule has 0 saturated heterocycles. The van der Waals surface area contributed by atoms with E-state index in [-0.39, 0.29) is 0 Å². The Balaban J connectivity index is 1.98. The lowest BCUT2D eigenvalue weighted by Gasteiger charge is -2.09. The van der Waals surface area contributed by atoms with Crippen LogP contribution in [-0.4, -0.2) is 6.29 Å². The summed E-state index contributed by atoms with van der Waals surface area (Å²) in [5, 5.41) is 2.76. The van der Waals surface area contributed by atoms with Crippen molar-refractivity contribution in [2.45, 2.75) is 12.8 Å². The fourth-order valence-electron chi connectivity index (χ4n) is 3.24. The number of hydrogen-bond donors (Lipinski definition) is 0. The van der Waals surface area contributed by atoms with Gasteiger partial charge in [0, 0.05) is 5.56 Å². The number of benzene rings is 3. The Morgan fingerprint density at radius 3 is 2.30 bits per heavy atom. The van der Waals surface area contributed by atoms with E-state index in [1.54, 1.807) is 0 Å². The minimum Gasteiger partial charge on any atom is -0.298 e. The summed E-state index contributed by atoms with van der Waals surface area (Å²) in [6.45, 7) is 0. The molecule has 0 atom stereocenters. The lowest BCUT2D eigenvalue weighted by atomic mass is 9.95. The van der Waals surface area contributed by atoms with Crippen LogP contribution in [0.1, 0.15) is 21.5 Å². The molecule has 96 valence electrons. The van der Waals surface area contributed by atoms with Crippen molar-refractivity contribution in [3.05, 3.63) is 71.3 Å². The molecule has 0 aliphatic heterocycles. The molecule has 0 aromatic heterocycles. The number of carbonyl (C=O) groups is 1. The molecule has 0 N–H and O–H groups in total. The Kier molecular flexibility index (Phi) is 2.46. The van der Waals surface area contributed by atoms with E-state index in [1.807, 2.05) is 24.3 Å². The molecular formula is C19H14O. The summed E-state index contributed by atoms with van der Waals surface area (Å²) in [4.78, 5) is 10.8. The minimum atomic E-state index is 0.722. The zero-order valence-electron chi connectivity index (χ0n) is 11.1. The number of aldehydes is 1. The summed E-state index contributed by atoms with van der Waals surface area (Å²) in [6.07, 6.45) is 3.19. The van der Waals surface area contributed by atoms with Crippen LogP contribution in [0.25, 0.3) is 21.9 Å². The van der Waals surface area contributed by atoms with Gasteiger partial charge in [0.25, 0.3) is 0 Å². The first-order valence-corrected chi connectivity index (χ1v) is 6.96. The maximum atomic E-state index is 10.8. The lowest BCUT2D eigenvalue weighted by Crippen LogP contribution is -1.86. The second kappa shape index (κ2) is 4.31. The first-order chi connectivity index (χ1) is 9.86. The number of carbonyl (C=O) groups excluding carboxylic acids is 1. The summed E-state index contributed by atoms with van der Waals surface area (Å²) in [6, 6.07) is 18.9. The predicted molar refractivity (Wildman–Crippen MR) is 82.2 cm³/mol. The summed E-state index contributed by atoms with van der Waals surface area (Å²) in [7, 11) is 0. The van der Waals surface area contributed by atoms with E-state index in [0.717, 1.165) is 24.7 Å². The standard InChI is InChI=1S/C19H14O/c20-12-13-4-6-14(7-5-13)17-11-10-16-9-8-15-2-1-3-18(17)19(15)16/h1-7,10-12H,8-9H2. The lowest BCUT2D eigenvalue weighted by molar-refractivity contribution is 0.112. The van der Waals surface area contributed by atoms with E-state index in [0.29, 0.717) is 0 Å². The van der Waals surface area contributed by atoms with Crippen LogP contribution in [0.5, 0.6) is 0 Å². The van der Waals surface area contributed by atoms with Gasteiger partial charge in [-0.1, -0.05) is 54.6 Å². The molecule has 0 amide bonds. The number of rotatable bonds is 2. The maximum absolute atomic E-state index is 10.8. The first-order valence-electron chi connectivity index (χ1n) is 6.96. The molecule has 0 radical (unpaired) electrons. The highest BCUT2D eigenvalue weighted by Crippen LogP contribution is 2.36. The van der Waals surface area contributed by atoms with Crippen LogP contribution in [0.15, 0.2) is 54.6 Å². The average Bonchev–Trinajstić information content (AvgIpc) is 2.93. The third kappa shape index (κ3) is 1.60. The summed E-state index contributed by atoms with van der Waals surface area (Å²) in [5.41, 5.74) is 6.07. The zero-order chi connectivity index (χ0) is 13.5.